The fraction of sp³-hybridized carbons (Fsp3) is 0.923. The van der Waals surface area contributed by atoms with Crippen LogP contribution in [0.5, 0.6) is 0 Å². The van der Waals surface area contributed by atoms with Gasteiger partial charge in [-0.3, -0.25) is 9.00 Å². The smallest absolute Gasteiger partial charge is 0.223 e. The Balaban J connectivity index is 2.27. The minimum atomic E-state index is -0.854. The van der Waals surface area contributed by atoms with E-state index >= 15 is 0 Å². The summed E-state index contributed by atoms with van der Waals surface area (Å²) >= 11 is 0. The minimum Gasteiger partial charge on any atom is -0.355 e. The molecule has 0 radical (unpaired) electrons. The Labute approximate surface area is 107 Å². The Bertz CT molecular complexity index is 273. The van der Waals surface area contributed by atoms with Crippen LogP contribution in [0, 0.1) is 11.8 Å². The molecule has 17 heavy (non-hydrogen) atoms. The van der Waals surface area contributed by atoms with Crippen molar-refractivity contribution in [2.45, 2.75) is 51.2 Å². The lowest BCUT2D eigenvalue weighted by atomic mass is 9.80. The Morgan fingerprint density at radius 1 is 1.35 bits per heavy atom. The molecule has 1 saturated carbocycles. The molecule has 2 atom stereocenters. The predicted molar refractivity (Wildman–Crippen MR) is 72.3 cm³/mol. The third-order valence-electron chi connectivity index (χ3n) is 3.93. The molecule has 0 spiro atoms. The fourth-order valence-electron chi connectivity index (χ4n) is 2.34. The average molecular weight is 259 g/mol. The average Bonchev–Trinajstić information content (AvgIpc) is 2.35. The molecule has 1 aliphatic rings. The minimum absolute atomic E-state index is 0.0472. The third kappa shape index (κ3) is 4.78. The van der Waals surface area contributed by atoms with Crippen LogP contribution in [0.15, 0.2) is 0 Å². The topological polar surface area (TPSA) is 46.2 Å². The predicted octanol–water partition coefficient (Wildman–Crippen LogP) is 2.09. The highest BCUT2D eigenvalue weighted by Crippen LogP contribution is 2.30. The van der Waals surface area contributed by atoms with Crippen LogP contribution in [0.3, 0.4) is 0 Å². The second-order valence-electron chi connectivity index (χ2n) is 5.18. The molecule has 0 aromatic carbocycles. The van der Waals surface area contributed by atoms with Crippen molar-refractivity contribution >= 4 is 16.7 Å². The van der Waals surface area contributed by atoms with Gasteiger partial charge in [-0.15, -0.1) is 0 Å². The van der Waals surface area contributed by atoms with E-state index < -0.39 is 10.8 Å². The van der Waals surface area contributed by atoms with Gasteiger partial charge in [0, 0.05) is 34.8 Å². The monoisotopic (exact) mass is 259 g/mol. The van der Waals surface area contributed by atoms with Gasteiger partial charge in [0.2, 0.25) is 5.91 Å². The second kappa shape index (κ2) is 7.14. The summed E-state index contributed by atoms with van der Waals surface area (Å²) in [5, 5.41) is 2.98. The van der Waals surface area contributed by atoms with Crippen molar-refractivity contribution in [2.24, 2.45) is 11.8 Å². The number of hydrogen-bond donors (Lipinski definition) is 1. The van der Waals surface area contributed by atoms with Crippen LogP contribution in [0.4, 0.5) is 0 Å². The molecule has 4 heteroatoms. The molecule has 1 rings (SSSR count). The number of carbonyl (C=O) groups is 1. The van der Waals surface area contributed by atoms with Gasteiger partial charge in [0.15, 0.2) is 0 Å². The van der Waals surface area contributed by atoms with E-state index in [-0.39, 0.29) is 17.1 Å². The lowest BCUT2D eigenvalue weighted by Crippen LogP contribution is -2.38. The van der Waals surface area contributed by atoms with E-state index in [9.17, 15) is 9.00 Å². The Hall–Kier alpha value is -0.380. The maximum atomic E-state index is 11.9. The lowest BCUT2D eigenvalue weighted by Gasteiger charge is -2.27. The molecular weight excluding hydrogens is 234 g/mol. The highest BCUT2D eigenvalue weighted by Gasteiger charge is 2.25. The molecule has 0 aromatic heterocycles. The Kier molecular flexibility index (Phi) is 6.17. The van der Waals surface area contributed by atoms with Gasteiger partial charge in [0.25, 0.3) is 0 Å². The Morgan fingerprint density at radius 2 is 1.94 bits per heavy atom. The summed E-state index contributed by atoms with van der Waals surface area (Å²) < 4.78 is 11.2. The molecule has 1 fully saturated rings. The van der Waals surface area contributed by atoms with Crippen LogP contribution in [0.25, 0.3) is 0 Å². The highest BCUT2D eigenvalue weighted by atomic mass is 32.2. The molecule has 0 aromatic rings. The van der Waals surface area contributed by atoms with Crippen LogP contribution in [0.2, 0.25) is 0 Å². The van der Waals surface area contributed by atoms with Crippen LogP contribution in [-0.2, 0) is 15.6 Å². The maximum Gasteiger partial charge on any atom is 0.223 e. The summed E-state index contributed by atoms with van der Waals surface area (Å²) in [7, 11) is -0.854. The standard InChI is InChI=1S/C13H25NO2S/c1-4-11-5-7-12(8-6-11)13(15)14-9-10(2)17(3)16/h10-12H,4-9H2,1-3H3,(H,14,15)/t10-,11?,12?,17-/m1/s1. The molecule has 0 aliphatic heterocycles. The number of amides is 1. The molecule has 1 N–H and O–H groups in total. The van der Waals surface area contributed by atoms with Gasteiger partial charge >= 0.3 is 0 Å². The molecular formula is C13H25NO2S. The molecule has 100 valence electrons. The zero-order valence-electron chi connectivity index (χ0n) is 11.2. The van der Waals surface area contributed by atoms with Crippen LogP contribution < -0.4 is 5.32 Å². The van der Waals surface area contributed by atoms with E-state index in [4.69, 9.17) is 0 Å². The van der Waals surface area contributed by atoms with E-state index in [2.05, 4.69) is 12.2 Å². The number of rotatable bonds is 5. The number of carbonyl (C=O) groups excluding carboxylic acids is 1. The first-order chi connectivity index (χ1) is 8.04. The van der Waals surface area contributed by atoms with Crippen molar-refractivity contribution in [1.82, 2.24) is 5.32 Å². The normalized spacial score (nSPS) is 28.4. The van der Waals surface area contributed by atoms with E-state index in [0.717, 1.165) is 18.8 Å². The molecule has 1 aliphatic carbocycles. The van der Waals surface area contributed by atoms with Gasteiger partial charge in [-0.05, 0) is 38.5 Å². The summed E-state index contributed by atoms with van der Waals surface area (Å²) in [5.41, 5.74) is 0. The summed E-state index contributed by atoms with van der Waals surface area (Å²) in [5.74, 6) is 1.17. The molecule has 0 unspecified atom stereocenters. The molecule has 1 amide bonds. The third-order valence-corrected chi connectivity index (χ3v) is 5.23. The van der Waals surface area contributed by atoms with Gasteiger partial charge in [0.05, 0.1) is 0 Å². The summed E-state index contributed by atoms with van der Waals surface area (Å²) in [4.78, 5) is 11.9. The van der Waals surface area contributed by atoms with E-state index in [1.165, 1.54) is 19.3 Å². The van der Waals surface area contributed by atoms with E-state index in [1.807, 2.05) is 6.92 Å². The quantitative estimate of drug-likeness (QED) is 0.821. The van der Waals surface area contributed by atoms with E-state index in [0.29, 0.717) is 6.54 Å². The SMILES string of the molecule is CCC1CCC(C(=O)NC[C@@H](C)[S@@](C)=O)CC1. The second-order valence-corrected chi connectivity index (χ2v) is 6.98. The van der Waals surface area contributed by atoms with Gasteiger partial charge in [-0.25, -0.2) is 0 Å². The molecule has 0 saturated heterocycles. The summed E-state index contributed by atoms with van der Waals surface area (Å²) in [6, 6.07) is 0. The zero-order valence-corrected chi connectivity index (χ0v) is 12.0. The Morgan fingerprint density at radius 3 is 2.41 bits per heavy atom. The van der Waals surface area contributed by atoms with Gasteiger partial charge in [-0.2, -0.15) is 0 Å². The lowest BCUT2D eigenvalue weighted by molar-refractivity contribution is -0.126. The van der Waals surface area contributed by atoms with Gasteiger partial charge in [0.1, 0.15) is 0 Å². The molecule has 0 heterocycles. The van der Waals surface area contributed by atoms with E-state index in [1.54, 1.807) is 6.26 Å². The fourth-order valence-corrected chi connectivity index (χ4v) is 2.66. The van der Waals surface area contributed by atoms with Crippen molar-refractivity contribution < 1.29 is 9.00 Å². The largest absolute Gasteiger partial charge is 0.355 e. The van der Waals surface area contributed by atoms with Crippen LogP contribution >= 0.6 is 0 Å². The van der Waals surface area contributed by atoms with Crippen LogP contribution in [0.1, 0.15) is 46.0 Å². The summed E-state index contributed by atoms with van der Waals surface area (Å²) in [6.07, 6.45) is 7.33. The van der Waals surface area contributed by atoms with Crippen molar-refractivity contribution in [2.75, 3.05) is 12.8 Å². The van der Waals surface area contributed by atoms with Crippen molar-refractivity contribution in [1.29, 1.82) is 0 Å². The van der Waals surface area contributed by atoms with Gasteiger partial charge < -0.3 is 5.32 Å². The molecule has 0 bridgehead atoms. The maximum absolute atomic E-state index is 11.9. The van der Waals surface area contributed by atoms with Gasteiger partial charge in [-0.1, -0.05) is 13.3 Å². The van der Waals surface area contributed by atoms with Crippen molar-refractivity contribution in [3.8, 4) is 0 Å². The molecule has 3 nitrogen and oxygen atoms in total. The first-order valence-corrected chi connectivity index (χ1v) is 8.26. The summed E-state index contributed by atoms with van der Waals surface area (Å²) in [6.45, 7) is 4.67. The van der Waals surface area contributed by atoms with Crippen molar-refractivity contribution in [3.05, 3.63) is 0 Å². The first-order valence-electron chi connectivity index (χ1n) is 6.64. The first kappa shape index (κ1) is 14.7. The highest BCUT2D eigenvalue weighted by molar-refractivity contribution is 7.84. The zero-order chi connectivity index (χ0) is 12.8. The van der Waals surface area contributed by atoms with Crippen molar-refractivity contribution in [3.63, 3.8) is 0 Å². The number of hydrogen-bond acceptors (Lipinski definition) is 2. The number of nitrogens with one attached hydrogen (secondary N) is 1. The van der Waals surface area contributed by atoms with Crippen LogP contribution in [-0.4, -0.2) is 28.2 Å².